The molecule has 2 unspecified atom stereocenters. The van der Waals surface area contributed by atoms with Crippen LogP contribution in [0, 0.1) is 11.7 Å². The van der Waals surface area contributed by atoms with Gasteiger partial charge in [0.1, 0.15) is 5.82 Å². The second-order valence-corrected chi connectivity index (χ2v) is 4.19. The van der Waals surface area contributed by atoms with Crippen molar-refractivity contribution in [2.75, 3.05) is 5.73 Å². The summed E-state index contributed by atoms with van der Waals surface area (Å²) in [6.07, 6.45) is 2.07. The average Bonchev–Trinajstić information content (AvgIpc) is 3.00. The Morgan fingerprint density at radius 3 is 3.00 bits per heavy atom. The van der Waals surface area contributed by atoms with Gasteiger partial charge >= 0.3 is 0 Å². The van der Waals surface area contributed by atoms with Crippen LogP contribution in [0.3, 0.4) is 0 Å². The second-order valence-electron chi connectivity index (χ2n) is 4.19. The molecule has 16 heavy (non-hydrogen) atoms. The van der Waals surface area contributed by atoms with Crippen LogP contribution in [-0.4, -0.2) is 11.9 Å². The highest BCUT2D eigenvalue weighted by Gasteiger charge is 2.36. The molecule has 0 bridgehead atoms. The van der Waals surface area contributed by atoms with E-state index in [2.05, 4.69) is 12.2 Å². The predicted octanol–water partition coefficient (Wildman–Crippen LogP) is 1.94. The predicted molar refractivity (Wildman–Crippen MR) is 60.5 cm³/mol. The van der Waals surface area contributed by atoms with Crippen molar-refractivity contribution in [1.82, 2.24) is 5.32 Å². The Balaban J connectivity index is 2.07. The normalized spacial score (nSPS) is 22.9. The Hall–Kier alpha value is -1.58. The molecule has 0 heterocycles. The molecule has 2 rings (SSSR count). The molecule has 1 amide bonds. The van der Waals surface area contributed by atoms with Gasteiger partial charge in [-0.3, -0.25) is 4.79 Å². The van der Waals surface area contributed by atoms with Gasteiger partial charge in [0.15, 0.2) is 0 Å². The van der Waals surface area contributed by atoms with Gasteiger partial charge < -0.3 is 11.1 Å². The van der Waals surface area contributed by atoms with Crippen LogP contribution in [0.2, 0.25) is 0 Å². The molecule has 2 atom stereocenters. The molecule has 0 spiro atoms. The highest BCUT2D eigenvalue weighted by atomic mass is 19.1. The molecule has 86 valence electrons. The van der Waals surface area contributed by atoms with Crippen LogP contribution in [-0.2, 0) is 0 Å². The number of para-hydroxylation sites is 1. The van der Waals surface area contributed by atoms with Gasteiger partial charge in [0.25, 0.3) is 5.91 Å². The molecule has 0 aliphatic heterocycles. The fourth-order valence-corrected chi connectivity index (χ4v) is 1.86. The minimum absolute atomic E-state index is 0.0753. The summed E-state index contributed by atoms with van der Waals surface area (Å²) in [6, 6.07) is 4.51. The molecule has 1 aliphatic rings. The SMILES string of the molecule is CCC1CC1NC(=O)c1cccc(F)c1N. The number of anilines is 1. The van der Waals surface area contributed by atoms with Gasteiger partial charge in [-0.1, -0.05) is 19.4 Å². The summed E-state index contributed by atoms with van der Waals surface area (Å²) >= 11 is 0. The standard InChI is InChI=1S/C12H15FN2O/c1-2-7-6-10(7)15-12(16)8-4-3-5-9(13)11(8)14/h3-5,7,10H,2,6,14H2,1H3,(H,15,16). The Bertz CT molecular complexity index is 419. The number of nitrogens with two attached hydrogens (primary N) is 1. The molecular weight excluding hydrogens is 207 g/mol. The molecule has 1 fully saturated rings. The van der Waals surface area contributed by atoms with E-state index in [0.717, 1.165) is 12.8 Å². The van der Waals surface area contributed by atoms with E-state index in [1.54, 1.807) is 0 Å². The third kappa shape index (κ3) is 2.01. The van der Waals surface area contributed by atoms with E-state index in [0.29, 0.717) is 5.92 Å². The van der Waals surface area contributed by atoms with Crippen LogP contribution in [0.15, 0.2) is 18.2 Å². The van der Waals surface area contributed by atoms with E-state index >= 15 is 0 Å². The first-order valence-corrected chi connectivity index (χ1v) is 5.48. The number of benzene rings is 1. The Morgan fingerprint density at radius 1 is 1.62 bits per heavy atom. The average molecular weight is 222 g/mol. The summed E-state index contributed by atoms with van der Waals surface area (Å²) in [6.45, 7) is 2.09. The summed E-state index contributed by atoms with van der Waals surface area (Å²) in [5.41, 5.74) is 5.66. The van der Waals surface area contributed by atoms with Gasteiger partial charge in [-0.2, -0.15) is 0 Å². The van der Waals surface area contributed by atoms with Gasteiger partial charge in [-0.25, -0.2) is 4.39 Å². The Labute approximate surface area is 93.8 Å². The van der Waals surface area contributed by atoms with Crippen molar-refractivity contribution >= 4 is 11.6 Å². The summed E-state index contributed by atoms with van der Waals surface area (Å²) in [7, 11) is 0. The monoisotopic (exact) mass is 222 g/mol. The molecule has 0 aromatic heterocycles. The molecule has 1 aliphatic carbocycles. The van der Waals surface area contributed by atoms with Crippen LogP contribution < -0.4 is 11.1 Å². The molecule has 1 saturated carbocycles. The fraction of sp³-hybridized carbons (Fsp3) is 0.417. The number of halogens is 1. The Morgan fingerprint density at radius 2 is 2.38 bits per heavy atom. The number of hydrogen-bond donors (Lipinski definition) is 2. The number of nitrogens with one attached hydrogen (secondary N) is 1. The van der Waals surface area contributed by atoms with Crippen molar-refractivity contribution < 1.29 is 9.18 Å². The summed E-state index contributed by atoms with van der Waals surface area (Å²) < 4.78 is 13.1. The number of carbonyl (C=O) groups excluding carboxylic acids is 1. The maximum absolute atomic E-state index is 13.1. The van der Waals surface area contributed by atoms with Gasteiger partial charge in [0, 0.05) is 6.04 Å². The van der Waals surface area contributed by atoms with Gasteiger partial charge in [-0.05, 0) is 24.5 Å². The van der Waals surface area contributed by atoms with Crippen molar-refractivity contribution in [3.63, 3.8) is 0 Å². The smallest absolute Gasteiger partial charge is 0.253 e. The van der Waals surface area contributed by atoms with Crippen molar-refractivity contribution in [3.05, 3.63) is 29.6 Å². The second kappa shape index (κ2) is 4.12. The van der Waals surface area contributed by atoms with Crippen molar-refractivity contribution in [3.8, 4) is 0 Å². The number of carbonyl (C=O) groups is 1. The molecule has 0 saturated heterocycles. The molecule has 1 aromatic carbocycles. The maximum atomic E-state index is 13.1. The van der Waals surface area contributed by atoms with E-state index < -0.39 is 5.82 Å². The lowest BCUT2D eigenvalue weighted by Gasteiger charge is -2.07. The summed E-state index contributed by atoms with van der Waals surface area (Å²) in [4.78, 5) is 11.8. The van der Waals surface area contributed by atoms with Crippen molar-refractivity contribution in [1.29, 1.82) is 0 Å². The number of nitrogen functional groups attached to an aromatic ring is 1. The van der Waals surface area contributed by atoms with E-state index in [-0.39, 0.29) is 23.2 Å². The summed E-state index contributed by atoms with van der Waals surface area (Å²) in [5, 5.41) is 2.85. The lowest BCUT2D eigenvalue weighted by molar-refractivity contribution is 0.0949. The van der Waals surface area contributed by atoms with E-state index in [1.165, 1.54) is 18.2 Å². The van der Waals surface area contributed by atoms with E-state index in [9.17, 15) is 9.18 Å². The van der Waals surface area contributed by atoms with Gasteiger partial charge in [0.2, 0.25) is 0 Å². The first-order valence-electron chi connectivity index (χ1n) is 5.48. The minimum Gasteiger partial charge on any atom is -0.396 e. The molecule has 0 radical (unpaired) electrons. The highest BCUT2D eigenvalue weighted by molar-refractivity contribution is 5.99. The maximum Gasteiger partial charge on any atom is 0.253 e. The van der Waals surface area contributed by atoms with E-state index in [1.807, 2.05) is 0 Å². The van der Waals surface area contributed by atoms with Gasteiger partial charge in [-0.15, -0.1) is 0 Å². The number of hydrogen-bond acceptors (Lipinski definition) is 2. The van der Waals surface area contributed by atoms with Crippen LogP contribution in [0.25, 0.3) is 0 Å². The number of rotatable bonds is 3. The largest absolute Gasteiger partial charge is 0.396 e. The van der Waals surface area contributed by atoms with Gasteiger partial charge in [0.05, 0.1) is 11.3 Å². The lowest BCUT2D eigenvalue weighted by atomic mass is 10.1. The molecule has 4 heteroatoms. The topological polar surface area (TPSA) is 55.1 Å². The third-order valence-electron chi connectivity index (χ3n) is 3.06. The summed E-state index contributed by atoms with van der Waals surface area (Å²) in [5.74, 6) is -0.257. The number of amides is 1. The first-order chi connectivity index (χ1) is 7.63. The van der Waals surface area contributed by atoms with Crippen LogP contribution >= 0.6 is 0 Å². The first kappa shape index (κ1) is 10.9. The zero-order chi connectivity index (χ0) is 11.7. The highest BCUT2D eigenvalue weighted by Crippen LogP contribution is 2.33. The van der Waals surface area contributed by atoms with E-state index in [4.69, 9.17) is 5.73 Å². The zero-order valence-electron chi connectivity index (χ0n) is 9.16. The minimum atomic E-state index is -0.546. The van der Waals surface area contributed by atoms with Crippen LogP contribution in [0.4, 0.5) is 10.1 Å². The zero-order valence-corrected chi connectivity index (χ0v) is 9.16. The molecule has 3 nitrogen and oxygen atoms in total. The molecule has 1 aromatic rings. The van der Waals surface area contributed by atoms with Crippen molar-refractivity contribution in [2.24, 2.45) is 5.92 Å². The quantitative estimate of drug-likeness (QED) is 0.768. The third-order valence-corrected chi connectivity index (χ3v) is 3.06. The van der Waals surface area contributed by atoms with Crippen LogP contribution in [0.1, 0.15) is 30.1 Å². The fourth-order valence-electron chi connectivity index (χ4n) is 1.86. The van der Waals surface area contributed by atoms with Crippen molar-refractivity contribution in [2.45, 2.75) is 25.8 Å². The molecule has 3 N–H and O–H groups in total. The lowest BCUT2D eigenvalue weighted by Crippen LogP contribution is -2.27. The Kier molecular flexibility index (Phi) is 2.81. The molecular formula is C12H15FN2O. The van der Waals surface area contributed by atoms with Crippen LogP contribution in [0.5, 0.6) is 0 Å².